The molecule has 2 saturated heterocycles. The lowest BCUT2D eigenvalue weighted by Gasteiger charge is -2.61. The molecule has 0 amide bonds. The summed E-state index contributed by atoms with van der Waals surface area (Å²) in [5.41, 5.74) is -0.523. The largest absolute Gasteiger partial charge is 0.393 e. The SMILES string of the molecule is C[C@H]1CC[C@]2(OC1)O[C@H]1C[C@H]3[C@@H]4CC[C@H]5C[C@@H](O)CC[C@]5(C)[C@H]4C(=O)[C@@H](O)[C@]3(C)[C@H]1[C@H]2C. The molecular weight excluding hydrogens is 404 g/mol. The average molecular weight is 447 g/mol. The van der Waals surface area contributed by atoms with Gasteiger partial charge in [0.25, 0.3) is 0 Å². The first kappa shape index (κ1) is 22.0. The van der Waals surface area contributed by atoms with E-state index in [9.17, 15) is 15.0 Å². The van der Waals surface area contributed by atoms with Gasteiger partial charge in [0.05, 0.1) is 18.8 Å². The van der Waals surface area contributed by atoms with Gasteiger partial charge in [-0.1, -0.05) is 27.7 Å². The highest BCUT2D eigenvalue weighted by atomic mass is 16.7. The maximum atomic E-state index is 14.0. The Kier molecular flexibility index (Phi) is 4.83. The van der Waals surface area contributed by atoms with Gasteiger partial charge in [-0.2, -0.15) is 0 Å². The highest BCUT2D eigenvalue weighted by Gasteiger charge is 2.73. The number of ketones is 1. The van der Waals surface area contributed by atoms with Crippen molar-refractivity contribution in [2.45, 2.75) is 103 Å². The molecule has 0 bridgehead atoms. The van der Waals surface area contributed by atoms with E-state index in [0.29, 0.717) is 23.7 Å². The number of Topliss-reactive ketones (excluding diaryl/α,β-unsaturated/α-hetero) is 1. The number of ether oxygens (including phenoxy) is 2. The summed E-state index contributed by atoms with van der Waals surface area (Å²) in [7, 11) is 0. The normalized spacial score (nSPS) is 61.8. The fourth-order valence-corrected chi connectivity index (χ4v) is 10.0. The number of hydrogen-bond acceptors (Lipinski definition) is 5. The lowest BCUT2D eigenvalue weighted by Crippen LogP contribution is -2.64. The average Bonchev–Trinajstić information content (AvgIpc) is 3.20. The third kappa shape index (κ3) is 2.63. The van der Waals surface area contributed by atoms with Gasteiger partial charge in [0, 0.05) is 29.6 Å². The summed E-state index contributed by atoms with van der Waals surface area (Å²) in [5, 5.41) is 22.0. The Morgan fingerprint density at radius 3 is 2.50 bits per heavy atom. The summed E-state index contributed by atoms with van der Waals surface area (Å²) in [6, 6.07) is 0. The van der Waals surface area contributed by atoms with Crippen molar-refractivity contribution in [2.75, 3.05) is 6.61 Å². The van der Waals surface area contributed by atoms with Gasteiger partial charge >= 0.3 is 0 Å². The van der Waals surface area contributed by atoms with Gasteiger partial charge in [-0.05, 0) is 74.0 Å². The van der Waals surface area contributed by atoms with Gasteiger partial charge in [-0.25, -0.2) is 0 Å². The Morgan fingerprint density at radius 1 is 1.00 bits per heavy atom. The number of aliphatic hydroxyl groups is 2. The summed E-state index contributed by atoms with van der Waals surface area (Å²) >= 11 is 0. The summed E-state index contributed by atoms with van der Waals surface area (Å²) < 4.78 is 13.1. The second-order valence-corrected chi connectivity index (χ2v) is 13.1. The zero-order valence-corrected chi connectivity index (χ0v) is 20.3. The molecule has 180 valence electrons. The second-order valence-electron chi connectivity index (χ2n) is 13.1. The minimum atomic E-state index is -0.921. The van der Waals surface area contributed by atoms with Crippen LogP contribution in [0.3, 0.4) is 0 Å². The number of carbonyl (C=O) groups excluding carboxylic acids is 1. The van der Waals surface area contributed by atoms with E-state index in [-0.39, 0.29) is 41.2 Å². The molecule has 0 aromatic rings. The highest BCUT2D eigenvalue weighted by molar-refractivity contribution is 5.88. The summed E-state index contributed by atoms with van der Waals surface area (Å²) in [5.74, 6) is 1.45. The van der Waals surface area contributed by atoms with Crippen LogP contribution in [0.4, 0.5) is 0 Å². The molecule has 0 aromatic carbocycles. The molecule has 6 aliphatic rings. The van der Waals surface area contributed by atoms with Crippen molar-refractivity contribution in [3.63, 3.8) is 0 Å². The van der Waals surface area contributed by atoms with E-state index in [2.05, 4.69) is 27.7 Å². The predicted octanol–water partition coefficient (Wildman–Crippen LogP) is 3.94. The fraction of sp³-hybridized carbons (Fsp3) is 0.963. The van der Waals surface area contributed by atoms with Crippen LogP contribution in [0.25, 0.3) is 0 Å². The minimum absolute atomic E-state index is 0.0725. The van der Waals surface area contributed by atoms with Crippen molar-refractivity contribution in [3.8, 4) is 0 Å². The molecule has 4 saturated carbocycles. The predicted molar refractivity (Wildman–Crippen MR) is 120 cm³/mol. The third-order valence-electron chi connectivity index (χ3n) is 11.8. The molecule has 0 radical (unpaired) electrons. The van der Waals surface area contributed by atoms with E-state index in [1.165, 1.54) is 0 Å². The van der Waals surface area contributed by atoms with Crippen LogP contribution < -0.4 is 0 Å². The highest BCUT2D eigenvalue weighted by Crippen LogP contribution is 2.70. The number of hydrogen-bond donors (Lipinski definition) is 2. The Hall–Kier alpha value is -0.490. The Morgan fingerprint density at radius 2 is 1.78 bits per heavy atom. The van der Waals surface area contributed by atoms with Crippen LogP contribution in [0.2, 0.25) is 0 Å². The Balaban J connectivity index is 1.34. The smallest absolute Gasteiger partial charge is 0.171 e. The maximum absolute atomic E-state index is 14.0. The van der Waals surface area contributed by atoms with Crippen LogP contribution in [0.5, 0.6) is 0 Å². The van der Waals surface area contributed by atoms with Crippen molar-refractivity contribution in [2.24, 2.45) is 52.3 Å². The van der Waals surface area contributed by atoms with Gasteiger partial charge < -0.3 is 19.7 Å². The van der Waals surface area contributed by atoms with Crippen molar-refractivity contribution >= 4 is 5.78 Å². The van der Waals surface area contributed by atoms with Gasteiger partial charge in [0.2, 0.25) is 0 Å². The van der Waals surface area contributed by atoms with E-state index in [4.69, 9.17) is 9.47 Å². The zero-order chi connectivity index (χ0) is 22.6. The number of aliphatic hydroxyl groups excluding tert-OH is 2. The van der Waals surface area contributed by atoms with E-state index in [1.54, 1.807) is 0 Å². The molecule has 2 N–H and O–H groups in total. The molecule has 5 heteroatoms. The second kappa shape index (κ2) is 7.02. The van der Waals surface area contributed by atoms with Gasteiger partial charge in [0.15, 0.2) is 11.6 Å². The third-order valence-corrected chi connectivity index (χ3v) is 11.8. The number of rotatable bonds is 0. The molecule has 2 aliphatic heterocycles. The summed E-state index contributed by atoms with van der Waals surface area (Å²) in [6.07, 6.45) is 6.54. The maximum Gasteiger partial charge on any atom is 0.171 e. The van der Waals surface area contributed by atoms with Crippen LogP contribution in [-0.2, 0) is 14.3 Å². The molecule has 0 aromatic heterocycles. The monoisotopic (exact) mass is 446 g/mol. The standard InChI is InChI=1S/C27H42O5/c1-14-7-10-27(31-13-14)15(2)21-20(32-27)12-19-18-6-5-16-11-17(28)8-9-25(16,3)22(18)23(29)24(30)26(19,21)4/h14-22,24,28,30H,5-13H2,1-4H3/t14-,15+,16-,17-,18-,19-,20-,21-,22+,24+,25-,26-,27-/m0/s1. The number of fused-ring (bicyclic) bond motifs is 7. The minimum Gasteiger partial charge on any atom is -0.393 e. The molecule has 5 nitrogen and oxygen atoms in total. The molecule has 6 rings (SSSR count). The first-order valence-corrected chi connectivity index (χ1v) is 13.3. The summed E-state index contributed by atoms with van der Waals surface area (Å²) in [4.78, 5) is 14.0. The van der Waals surface area contributed by atoms with E-state index < -0.39 is 17.3 Å². The van der Waals surface area contributed by atoms with E-state index in [0.717, 1.165) is 58.0 Å². The van der Waals surface area contributed by atoms with Gasteiger partial charge in [-0.15, -0.1) is 0 Å². The van der Waals surface area contributed by atoms with Crippen molar-refractivity contribution < 1.29 is 24.5 Å². The van der Waals surface area contributed by atoms with E-state index >= 15 is 0 Å². The molecule has 13 atom stereocenters. The van der Waals surface area contributed by atoms with Crippen LogP contribution in [0.1, 0.15) is 79.1 Å². The van der Waals surface area contributed by atoms with Gasteiger partial charge in [0.1, 0.15) is 6.10 Å². The molecule has 4 aliphatic carbocycles. The lowest BCUT2D eigenvalue weighted by molar-refractivity contribution is -0.273. The van der Waals surface area contributed by atoms with Crippen LogP contribution in [0, 0.1) is 52.3 Å². The first-order valence-electron chi connectivity index (χ1n) is 13.3. The molecule has 0 unspecified atom stereocenters. The van der Waals surface area contributed by atoms with Crippen LogP contribution in [-0.4, -0.2) is 46.7 Å². The van der Waals surface area contributed by atoms with Crippen LogP contribution in [0.15, 0.2) is 0 Å². The quantitative estimate of drug-likeness (QED) is 0.589. The van der Waals surface area contributed by atoms with Crippen LogP contribution >= 0.6 is 0 Å². The molecular formula is C27H42O5. The van der Waals surface area contributed by atoms with Gasteiger partial charge in [-0.3, -0.25) is 4.79 Å². The zero-order valence-electron chi connectivity index (χ0n) is 20.3. The number of carbonyl (C=O) groups is 1. The fourth-order valence-electron chi connectivity index (χ4n) is 10.0. The topological polar surface area (TPSA) is 76.0 Å². The molecule has 2 heterocycles. The summed E-state index contributed by atoms with van der Waals surface area (Å²) in [6.45, 7) is 9.70. The molecule has 1 spiro atoms. The first-order chi connectivity index (χ1) is 15.1. The molecule has 6 fully saturated rings. The Labute approximate surface area is 192 Å². The Bertz CT molecular complexity index is 789. The van der Waals surface area contributed by atoms with Crippen molar-refractivity contribution in [1.82, 2.24) is 0 Å². The molecule has 32 heavy (non-hydrogen) atoms. The van der Waals surface area contributed by atoms with Crippen molar-refractivity contribution in [1.29, 1.82) is 0 Å². The lowest BCUT2D eigenvalue weighted by atomic mass is 9.43. The van der Waals surface area contributed by atoms with E-state index in [1.807, 2.05) is 0 Å². The van der Waals surface area contributed by atoms with Crippen molar-refractivity contribution in [3.05, 3.63) is 0 Å².